The lowest BCUT2D eigenvalue weighted by Gasteiger charge is -2.46. The van der Waals surface area contributed by atoms with Crippen molar-refractivity contribution in [2.45, 2.75) is 25.3 Å². The number of benzene rings is 1. The molecule has 2 N–H and O–H groups in total. The summed E-state index contributed by atoms with van der Waals surface area (Å²) in [6.45, 7) is 5.32. The fraction of sp³-hybridized carbons (Fsp3) is 0.538. The van der Waals surface area contributed by atoms with Gasteiger partial charge in [0.2, 0.25) is 0 Å². The minimum atomic E-state index is 0.103. The van der Waals surface area contributed by atoms with E-state index in [0.717, 1.165) is 11.4 Å². The van der Waals surface area contributed by atoms with Crippen molar-refractivity contribution in [3.8, 4) is 0 Å². The molecule has 0 aliphatic carbocycles. The summed E-state index contributed by atoms with van der Waals surface area (Å²) in [7, 11) is 0. The zero-order valence-electron chi connectivity index (χ0n) is 9.75. The van der Waals surface area contributed by atoms with Gasteiger partial charge in [0.1, 0.15) is 0 Å². The fourth-order valence-corrected chi connectivity index (χ4v) is 2.34. The molecule has 88 valence electrons. The number of hydrogen-bond donors (Lipinski definition) is 1. The second-order valence-electron chi connectivity index (χ2n) is 4.84. The Labute approximate surface area is 102 Å². The molecule has 1 aromatic rings. The second-order valence-corrected chi connectivity index (χ2v) is 5.28. The van der Waals surface area contributed by atoms with E-state index < -0.39 is 0 Å². The SMILES string of the molecule is CC(CN)(Cc1ccc(Cl)cc1)N1CCC1. The van der Waals surface area contributed by atoms with Gasteiger partial charge in [-0.25, -0.2) is 0 Å². The van der Waals surface area contributed by atoms with Gasteiger partial charge < -0.3 is 5.73 Å². The maximum atomic E-state index is 5.93. The van der Waals surface area contributed by atoms with E-state index in [-0.39, 0.29) is 5.54 Å². The zero-order valence-corrected chi connectivity index (χ0v) is 10.5. The molecule has 1 aliphatic rings. The van der Waals surface area contributed by atoms with Gasteiger partial charge in [-0.15, -0.1) is 0 Å². The van der Waals surface area contributed by atoms with Crippen LogP contribution in [-0.4, -0.2) is 30.1 Å². The maximum Gasteiger partial charge on any atom is 0.0406 e. The Morgan fingerprint density at radius 2 is 1.94 bits per heavy atom. The van der Waals surface area contributed by atoms with E-state index in [1.54, 1.807) is 0 Å². The average Bonchev–Trinajstić information content (AvgIpc) is 2.19. The third kappa shape index (κ3) is 2.40. The molecule has 1 aliphatic heterocycles. The first-order chi connectivity index (χ1) is 7.64. The van der Waals surface area contributed by atoms with Crippen LogP contribution in [-0.2, 0) is 6.42 Å². The molecule has 16 heavy (non-hydrogen) atoms. The highest BCUT2D eigenvalue weighted by atomic mass is 35.5. The molecular formula is C13H19ClN2. The van der Waals surface area contributed by atoms with E-state index in [4.69, 9.17) is 17.3 Å². The van der Waals surface area contributed by atoms with Gasteiger partial charge in [0, 0.05) is 17.1 Å². The molecule has 0 amide bonds. The van der Waals surface area contributed by atoms with Crippen LogP contribution in [0, 0.1) is 0 Å². The number of halogens is 1. The third-order valence-electron chi connectivity index (χ3n) is 3.56. The predicted molar refractivity (Wildman–Crippen MR) is 68.8 cm³/mol. The van der Waals surface area contributed by atoms with Crippen LogP contribution < -0.4 is 5.73 Å². The maximum absolute atomic E-state index is 5.93. The number of nitrogens with zero attached hydrogens (tertiary/aromatic N) is 1. The molecule has 3 heteroatoms. The molecule has 0 saturated carbocycles. The quantitative estimate of drug-likeness (QED) is 0.872. The second kappa shape index (κ2) is 4.74. The highest BCUT2D eigenvalue weighted by molar-refractivity contribution is 6.30. The number of nitrogens with two attached hydrogens (primary N) is 1. The molecule has 1 heterocycles. The third-order valence-corrected chi connectivity index (χ3v) is 3.81. The lowest BCUT2D eigenvalue weighted by atomic mass is 9.88. The Balaban J connectivity index is 2.08. The fourth-order valence-electron chi connectivity index (χ4n) is 2.21. The van der Waals surface area contributed by atoms with Crippen LogP contribution in [0.2, 0.25) is 5.02 Å². The molecule has 0 radical (unpaired) electrons. The molecule has 1 unspecified atom stereocenters. The average molecular weight is 239 g/mol. The normalized spacial score (nSPS) is 20.2. The van der Waals surface area contributed by atoms with Crippen LogP contribution in [0.25, 0.3) is 0 Å². The van der Waals surface area contributed by atoms with Crippen molar-refractivity contribution in [2.75, 3.05) is 19.6 Å². The lowest BCUT2D eigenvalue weighted by Crippen LogP contribution is -2.58. The molecular weight excluding hydrogens is 220 g/mol. The standard InChI is InChI=1S/C13H19ClN2/c1-13(10-15,16-7-2-8-16)9-11-3-5-12(14)6-4-11/h3-6H,2,7-10,15H2,1H3. The van der Waals surface area contributed by atoms with Crippen LogP contribution >= 0.6 is 11.6 Å². The molecule has 2 nitrogen and oxygen atoms in total. The first kappa shape index (κ1) is 11.9. The summed E-state index contributed by atoms with van der Waals surface area (Å²) in [5, 5.41) is 0.794. The van der Waals surface area contributed by atoms with Crippen LogP contribution in [0.3, 0.4) is 0 Å². The van der Waals surface area contributed by atoms with Crippen LogP contribution in [0.15, 0.2) is 24.3 Å². The minimum Gasteiger partial charge on any atom is -0.329 e. The van der Waals surface area contributed by atoms with Crippen molar-refractivity contribution in [1.82, 2.24) is 4.90 Å². The molecule has 0 aromatic heterocycles. The van der Waals surface area contributed by atoms with E-state index in [1.165, 1.54) is 25.1 Å². The Hall–Kier alpha value is -0.570. The summed E-state index contributed by atoms with van der Waals surface area (Å²) in [6, 6.07) is 8.08. The largest absolute Gasteiger partial charge is 0.329 e. The monoisotopic (exact) mass is 238 g/mol. The molecule has 1 atom stereocenters. The summed E-state index contributed by atoms with van der Waals surface area (Å²) >= 11 is 5.88. The van der Waals surface area contributed by atoms with Gasteiger partial charge >= 0.3 is 0 Å². The van der Waals surface area contributed by atoms with Gasteiger partial charge in [-0.3, -0.25) is 4.90 Å². The van der Waals surface area contributed by atoms with E-state index in [1.807, 2.05) is 12.1 Å². The first-order valence-electron chi connectivity index (χ1n) is 5.84. The van der Waals surface area contributed by atoms with Crippen LogP contribution in [0.4, 0.5) is 0 Å². The van der Waals surface area contributed by atoms with Crippen molar-refractivity contribution >= 4 is 11.6 Å². The summed E-state index contributed by atoms with van der Waals surface area (Å²) in [4.78, 5) is 2.47. The Morgan fingerprint density at radius 1 is 1.31 bits per heavy atom. The highest BCUT2D eigenvalue weighted by Gasteiger charge is 2.34. The molecule has 2 rings (SSSR count). The Bertz CT molecular complexity index is 345. The zero-order chi connectivity index (χ0) is 11.6. The molecule has 1 fully saturated rings. The van der Waals surface area contributed by atoms with Gasteiger partial charge in [-0.05, 0) is 50.6 Å². The molecule has 1 aromatic carbocycles. The number of rotatable bonds is 4. The van der Waals surface area contributed by atoms with E-state index in [2.05, 4.69) is 24.0 Å². The van der Waals surface area contributed by atoms with Crippen LogP contribution in [0.1, 0.15) is 18.9 Å². The van der Waals surface area contributed by atoms with Gasteiger partial charge in [-0.2, -0.15) is 0 Å². The smallest absolute Gasteiger partial charge is 0.0406 e. The van der Waals surface area contributed by atoms with Gasteiger partial charge in [0.25, 0.3) is 0 Å². The topological polar surface area (TPSA) is 29.3 Å². The van der Waals surface area contributed by atoms with Gasteiger partial charge in [-0.1, -0.05) is 23.7 Å². The van der Waals surface area contributed by atoms with Crippen molar-refractivity contribution in [1.29, 1.82) is 0 Å². The first-order valence-corrected chi connectivity index (χ1v) is 6.21. The van der Waals surface area contributed by atoms with Crippen LogP contribution in [0.5, 0.6) is 0 Å². The number of likely N-dealkylation sites (tertiary alicyclic amines) is 1. The molecule has 1 saturated heterocycles. The van der Waals surface area contributed by atoms with Crippen molar-refractivity contribution in [3.63, 3.8) is 0 Å². The number of hydrogen-bond acceptors (Lipinski definition) is 2. The Morgan fingerprint density at radius 3 is 2.38 bits per heavy atom. The Kier molecular flexibility index (Phi) is 3.53. The van der Waals surface area contributed by atoms with Crippen molar-refractivity contribution in [2.24, 2.45) is 5.73 Å². The van der Waals surface area contributed by atoms with Crippen molar-refractivity contribution < 1.29 is 0 Å². The summed E-state index contributed by atoms with van der Waals surface area (Å²) in [5.74, 6) is 0. The van der Waals surface area contributed by atoms with E-state index in [9.17, 15) is 0 Å². The van der Waals surface area contributed by atoms with Gasteiger partial charge in [0.05, 0.1) is 0 Å². The van der Waals surface area contributed by atoms with E-state index >= 15 is 0 Å². The van der Waals surface area contributed by atoms with E-state index in [0.29, 0.717) is 6.54 Å². The summed E-state index contributed by atoms with van der Waals surface area (Å²) < 4.78 is 0. The predicted octanol–water partition coefficient (Wildman–Crippen LogP) is 2.31. The minimum absolute atomic E-state index is 0.103. The van der Waals surface area contributed by atoms with Gasteiger partial charge in [0.15, 0.2) is 0 Å². The molecule has 0 spiro atoms. The lowest BCUT2D eigenvalue weighted by molar-refractivity contribution is 0.0481. The molecule has 0 bridgehead atoms. The van der Waals surface area contributed by atoms with Crippen molar-refractivity contribution in [3.05, 3.63) is 34.9 Å². The summed E-state index contributed by atoms with van der Waals surface area (Å²) in [5.41, 5.74) is 7.34. The highest BCUT2D eigenvalue weighted by Crippen LogP contribution is 2.25. The summed E-state index contributed by atoms with van der Waals surface area (Å²) in [6.07, 6.45) is 2.30.